The summed E-state index contributed by atoms with van der Waals surface area (Å²) in [5.74, 6) is 0.481. The van der Waals surface area contributed by atoms with E-state index in [1.54, 1.807) is 0 Å². The van der Waals surface area contributed by atoms with Crippen LogP contribution in [0, 0.1) is 0 Å². The van der Waals surface area contributed by atoms with Gasteiger partial charge in [0.15, 0.2) is 0 Å². The molecule has 2 amide bonds. The summed E-state index contributed by atoms with van der Waals surface area (Å²) in [5.41, 5.74) is 2.46. The highest BCUT2D eigenvalue weighted by molar-refractivity contribution is 6.30. The van der Waals surface area contributed by atoms with Gasteiger partial charge in [0.05, 0.1) is 6.10 Å². The Balaban J connectivity index is 1.30. The van der Waals surface area contributed by atoms with Crippen molar-refractivity contribution in [3.05, 3.63) is 70.7 Å². The highest BCUT2D eigenvalue weighted by Crippen LogP contribution is 2.37. The third-order valence-corrected chi connectivity index (χ3v) is 5.17. The summed E-state index contributed by atoms with van der Waals surface area (Å²) in [6.45, 7) is 0.270. The van der Waals surface area contributed by atoms with Crippen LogP contribution in [0.5, 0.6) is 0 Å². The van der Waals surface area contributed by atoms with E-state index >= 15 is 0 Å². The molecule has 1 unspecified atom stereocenters. The van der Waals surface area contributed by atoms with E-state index in [-0.39, 0.29) is 18.6 Å². The van der Waals surface area contributed by atoms with Crippen LogP contribution in [0.4, 0.5) is 4.79 Å². The Bertz CT molecular complexity index is 700. The molecular weight excluding hydrogens is 348 g/mol. The van der Waals surface area contributed by atoms with Gasteiger partial charge in [0, 0.05) is 17.6 Å². The molecule has 1 atom stereocenters. The fourth-order valence-electron chi connectivity index (χ4n) is 3.27. The van der Waals surface area contributed by atoms with Crippen molar-refractivity contribution < 1.29 is 9.90 Å². The Morgan fingerprint density at radius 1 is 1.12 bits per heavy atom. The Labute approximate surface area is 159 Å². The van der Waals surface area contributed by atoms with Crippen LogP contribution >= 0.6 is 11.6 Å². The molecule has 138 valence electrons. The lowest BCUT2D eigenvalue weighted by molar-refractivity contribution is 0.159. The molecule has 0 radical (unpaired) electrons. The van der Waals surface area contributed by atoms with Crippen molar-refractivity contribution in [1.29, 1.82) is 0 Å². The summed E-state index contributed by atoms with van der Waals surface area (Å²) < 4.78 is 0. The maximum Gasteiger partial charge on any atom is 0.315 e. The molecule has 1 aliphatic carbocycles. The van der Waals surface area contributed by atoms with Gasteiger partial charge in [0.2, 0.25) is 0 Å². The van der Waals surface area contributed by atoms with E-state index in [9.17, 15) is 9.90 Å². The van der Waals surface area contributed by atoms with Gasteiger partial charge in [-0.05, 0) is 54.9 Å². The van der Waals surface area contributed by atoms with Gasteiger partial charge >= 0.3 is 6.03 Å². The molecular formula is C21H25ClN2O2. The lowest BCUT2D eigenvalue weighted by Gasteiger charge is -2.36. The van der Waals surface area contributed by atoms with E-state index in [0.717, 1.165) is 24.3 Å². The zero-order valence-electron chi connectivity index (χ0n) is 14.7. The molecule has 2 aromatic rings. The lowest BCUT2D eigenvalue weighted by Crippen LogP contribution is -2.49. The Hall–Kier alpha value is -2.04. The van der Waals surface area contributed by atoms with Crippen LogP contribution in [0.3, 0.4) is 0 Å². The molecule has 1 saturated carbocycles. The summed E-state index contributed by atoms with van der Waals surface area (Å²) >= 11 is 5.91. The maximum atomic E-state index is 12.0. The second kappa shape index (κ2) is 9.06. The largest absolute Gasteiger partial charge is 0.391 e. The number of rotatable bonds is 7. The van der Waals surface area contributed by atoms with Crippen LogP contribution < -0.4 is 10.6 Å². The fraction of sp³-hybridized carbons (Fsp3) is 0.381. The molecule has 0 heterocycles. The molecule has 0 spiro atoms. The Kier molecular flexibility index (Phi) is 6.53. The number of benzene rings is 2. The summed E-state index contributed by atoms with van der Waals surface area (Å²) in [4.78, 5) is 12.0. The van der Waals surface area contributed by atoms with Crippen molar-refractivity contribution in [1.82, 2.24) is 10.6 Å². The highest BCUT2D eigenvalue weighted by Gasteiger charge is 2.31. The summed E-state index contributed by atoms with van der Waals surface area (Å²) in [5, 5.41) is 16.5. The summed E-state index contributed by atoms with van der Waals surface area (Å²) in [7, 11) is 0. The number of aryl methyl sites for hydroxylation is 1. The SMILES string of the molecule is O=C(NCC(O)CCc1ccccc1)NC1CC(c2ccc(Cl)cc2)C1. The number of carbonyl (C=O) groups is 1. The van der Waals surface area contributed by atoms with E-state index in [2.05, 4.69) is 10.6 Å². The number of nitrogens with one attached hydrogen (secondary N) is 2. The topological polar surface area (TPSA) is 61.4 Å². The monoisotopic (exact) mass is 372 g/mol. The molecule has 3 N–H and O–H groups in total. The van der Waals surface area contributed by atoms with Gasteiger partial charge in [-0.25, -0.2) is 4.79 Å². The zero-order valence-corrected chi connectivity index (χ0v) is 15.5. The quantitative estimate of drug-likeness (QED) is 0.690. The average molecular weight is 373 g/mol. The van der Waals surface area contributed by atoms with Crippen LogP contribution in [0.25, 0.3) is 0 Å². The van der Waals surface area contributed by atoms with Gasteiger partial charge in [-0.2, -0.15) is 0 Å². The minimum absolute atomic E-state index is 0.192. The van der Waals surface area contributed by atoms with Gasteiger partial charge in [0.1, 0.15) is 0 Å². The summed E-state index contributed by atoms with van der Waals surface area (Å²) in [6, 6.07) is 17.9. The molecule has 3 rings (SSSR count). The first-order valence-electron chi connectivity index (χ1n) is 9.12. The van der Waals surface area contributed by atoms with Crippen LogP contribution in [-0.4, -0.2) is 29.8 Å². The van der Waals surface area contributed by atoms with Crippen molar-refractivity contribution in [2.75, 3.05) is 6.54 Å². The van der Waals surface area contributed by atoms with Crippen molar-refractivity contribution in [3.63, 3.8) is 0 Å². The van der Waals surface area contributed by atoms with E-state index in [0.29, 0.717) is 12.3 Å². The highest BCUT2D eigenvalue weighted by atomic mass is 35.5. The average Bonchev–Trinajstić information content (AvgIpc) is 2.63. The van der Waals surface area contributed by atoms with Gasteiger partial charge < -0.3 is 15.7 Å². The third-order valence-electron chi connectivity index (χ3n) is 4.92. The van der Waals surface area contributed by atoms with Gasteiger partial charge in [-0.3, -0.25) is 0 Å². The number of halogens is 1. The number of carbonyl (C=O) groups excluding carboxylic acids is 1. The molecule has 0 bridgehead atoms. The molecule has 26 heavy (non-hydrogen) atoms. The third kappa shape index (κ3) is 5.48. The van der Waals surface area contributed by atoms with Gasteiger partial charge in [-0.1, -0.05) is 54.1 Å². The number of aliphatic hydroxyl groups is 1. The zero-order chi connectivity index (χ0) is 18.4. The van der Waals surface area contributed by atoms with Crippen molar-refractivity contribution in [3.8, 4) is 0 Å². The number of urea groups is 1. The van der Waals surface area contributed by atoms with Crippen LogP contribution in [0.15, 0.2) is 54.6 Å². The first kappa shape index (κ1) is 18.7. The van der Waals surface area contributed by atoms with Gasteiger partial charge in [0.25, 0.3) is 0 Å². The summed E-state index contributed by atoms with van der Waals surface area (Å²) in [6.07, 6.45) is 2.77. The Morgan fingerprint density at radius 2 is 1.81 bits per heavy atom. The molecule has 1 aliphatic rings. The smallest absolute Gasteiger partial charge is 0.315 e. The standard InChI is InChI=1S/C21H25ClN2O2/c22-18-9-7-16(8-10-18)17-12-19(13-17)24-21(26)23-14-20(25)11-6-15-4-2-1-3-5-15/h1-5,7-10,17,19-20,25H,6,11-14H2,(H2,23,24,26). The van der Waals surface area contributed by atoms with Gasteiger partial charge in [-0.15, -0.1) is 0 Å². The molecule has 1 fully saturated rings. The molecule has 4 nitrogen and oxygen atoms in total. The van der Waals surface area contributed by atoms with E-state index in [4.69, 9.17) is 11.6 Å². The van der Waals surface area contributed by atoms with Crippen LogP contribution in [0.2, 0.25) is 5.02 Å². The van der Waals surface area contributed by atoms with Crippen molar-refractivity contribution in [2.45, 2.75) is 43.7 Å². The van der Waals surface area contributed by atoms with E-state index in [1.807, 2.05) is 54.6 Å². The number of aliphatic hydroxyl groups excluding tert-OH is 1. The second-order valence-electron chi connectivity index (χ2n) is 6.95. The molecule has 2 aromatic carbocycles. The lowest BCUT2D eigenvalue weighted by atomic mass is 9.76. The minimum atomic E-state index is -0.538. The number of hydrogen-bond donors (Lipinski definition) is 3. The van der Waals surface area contributed by atoms with Crippen LogP contribution in [-0.2, 0) is 6.42 Å². The fourth-order valence-corrected chi connectivity index (χ4v) is 3.40. The molecule has 0 saturated heterocycles. The normalized spacial score (nSPS) is 20.1. The molecule has 0 aromatic heterocycles. The van der Waals surface area contributed by atoms with Crippen molar-refractivity contribution >= 4 is 17.6 Å². The first-order valence-corrected chi connectivity index (χ1v) is 9.50. The molecule has 5 heteroatoms. The van der Waals surface area contributed by atoms with E-state index < -0.39 is 6.10 Å². The second-order valence-corrected chi connectivity index (χ2v) is 7.39. The number of amides is 2. The molecule has 0 aliphatic heterocycles. The Morgan fingerprint density at radius 3 is 2.50 bits per heavy atom. The minimum Gasteiger partial charge on any atom is -0.391 e. The predicted molar refractivity (Wildman–Crippen MR) is 105 cm³/mol. The van der Waals surface area contributed by atoms with E-state index in [1.165, 1.54) is 11.1 Å². The predicted octanol–water partition coefficient (Wildman–Crippen LogP) is 3.88. The van der Waals surface area contributed by atoms with Crippen LogP contribution in [0.1, 0.15) is 36.3 Å². The maximum absolute atomic E-state index is 12.0. The van der Waals surface area contributed by atoms with Crippen molar-refractivity contribution in [2.24, 2.45) is 0 Å². The first-order chi connectivity index (χ1) is 12.6. The number of hydrogen-bond acceptors (Lipinski definition) is 2.